The van der Waals surface area contributed by atoms with Gasteiger partial charge in [0.15, 0.2) is 0 Å². The molecule has 2 N–H and O–H groups in total. The number of nitrogens with zero attached hydrogens (tertiary/aromatic N) is 1. The van der Waals surface area contributed by atoms with E-state index in [1.54, 1.807) is 16.7 Å². The van der Waals surface area contributed by atoms with Crippen LogP contribution in [0.1, 0.15) is 24.2 Å². The Kier molecular flexibility index (Phi) is 5.46. The number of benzene rings is 1. The fourth-order valence-corrected chi connectivity index (χ4v) is 3.18. The summed E-state index contributed by atoms with van der Waals surface area (Å²) in [7, 11) is 0. The summed E-state index contributed by atoms with van der Waals surface area (Å²) in [4.78, 5) is 14.1. The number of likely N-dealkylation sites (N-methyl/N-ethyl adjacent to an activating group) is 1. The van der Waals surface area contributed by atoms with Gasteiger partial charge in [-0.05, 0) is 19.4 Å². The SMILES string of the molecule is CCN(C[C@H](O)c1ccc(C)cc1)C(=O)[C@H]1CSCN1. The Morgan fingerprint density at radius 2 is 2.20 bits per heavy atom. The average Bonchev–Trinajstić information content (AvgIpc) is 2.98. The Hall–Kier alpha value is -1.04. The molecule has 2 rings (SSSR count). The molecule has 1 aromatic rings. The molecule has 110 valence electrons. The summed E-state index contributed by atoms with van der Waals surface area (Å²) in [5, 5.41) is 13.5. The lowest BCUT2D eigenvalue weighted by atomic mass is 10.1. The zero-order valence-electron chi connectivity index (χ0n) is 12.0. The highest BCUT2D eigenvalue weighted by Crippen LogP contribution is 2.17. The molecule has 0 saturated carbocycles. The zero-order chi connectivity index (χ0) is 14.5. The second kappa shape index (κ2) is 7.11. The number of hydrogen-bond donors (Lipinski definition) is 2. The van der Waals surface area contributed by atoms with Gasteiger partial charge in [-0.15, -0.1) is 11.8 Å². The third-order valence-corrected chi connectivity index (χ3v) is 4.50. The van der Waals surface area contributed by atoms with Gasteiger partial charge in [0.05, 0.1) is 18.7 Å². The Bertz CT molecular complexity index is 444. The van der Waals surface area contributed by atoms with Crippen LogP contribution in [-0.4, -0.2) is 46.7 Å². The molecule has 0 radical (unpaired) electrons. The van der Waals surface area contributed by atoms with Gasteiger partial charge in [-0.1, -0.05) is 29.8 Å². The molecule has 1 aliphatic heterocycles. The third kappa shape index (κ3) is 3.75. The van der Waals surface area contributed by atoms with Gasteiger partial charge in [-0.25, -0.2) is 0 Å². The maximum Gasteiger partial charge on any atom is 0.240 e. The Balaban J connectivity index is 1.98. The van der Waals surface area contributed by atoms with Crippen LogP contribution in [-0.2, 0) is 4.79 Å². The first-order chi connectivity index (χ1) is 9.61. The maximum absolute atomic E-state index is 12.3. The van der Waals surface area contributed by atoms with E-state index in [1.165, 1.54) is 0 Å². The predicted molar refractivity (Wildman–Crippen MR) is 82.6 cm³/mol. The van der Waals surface area contributed by atoms with E-state index < -0.39 is 6.10 Å². The van der Waals surface area contributed by atoms with Crippen molar-refractivity contribution in [2.24, 2.45) is 0 Å². The number of aliphatic hydroxyl groups is 1. The molecule has 0 bridgehead atoms. The molecule has 0 spiro atoms. The van der Waals surface area contributed by atoms with Crippen molar-refractivity contribution in [2.45, 2.75) is 26.0 Å². The minimum atomic E-state index is -0.631. The molecule has 0 aliphatic carbocycles. The summed E-state index contributed by atoms with van der Waals surface area (Å²) < 4.78 is 0. The Morgan fingerprint density at radius 1 is 1.50 bits per heavy atom. The average molecular weight is 294 g/mol. The van der Waals surface area contributed by atoms with Crippen molar-refractivity contribution in [3.8, 4) is 0 Å². The van der Waals surface area contributed by atoms with Gasteiger partial charge in [-0.3, -0.25) is 10.1 Å². The fourth-order valence-electron chi connectivity index (χ4n) is 2.25. The van der Waals surface area contributed by atoms with Gasteiger partial charge in [0, 0.05) is 18.2 Å². The second-order valence-corrected chi connectivity index (χ2v) is 6.11. The lowest BCUT2D eigenvalue weighted by Gasteiger charge is -2.26. The molecule has 0 aromatic heterocycles. The smallest absolute Gasteiger partial charge is 0.240 e. The van der Waals surface area contributed by atoms with Crippen molar-refractivity contribution in [1.82, 2.24) is 10.2 Å². The molecule has 1 amide bonds. The number of carbonyl (C=O) groups is 1. The van der Waals surface area contributed by atoms with Crippen molar-refractivity contribution < 1.29 is 9.90 Å². The summed E-state index contributed by atoms with van der Waals surface area (Å²) in [5.41, 5.74) is 2.02. The van der Waals surface area contributed by atoms with Gasteiger partial charge >= 0.3 is 0 Å². The van der Waals surface area contributed by atoms with E-state index in [1.807, 2.05) is 38.1 Å². The monoisotopic (exact) mass is 294 g/mol. The van der Waals surface area contributed by atoms with Crippen LogP contribution < -0.4 is 5.32 Å². The molecule has 5 heteroatoms. The van der Waals surface area contributed by atoms with Crippen molar-refractivity contribution in [3.05, 3.63) is 35.4 Å². The van der Waals surface area contributed by atoms with Crippen molar-refractivity contribution in [1.29, 1.82) is 0 Å². The first-order valence-corrected chi connectivity index (χ1v) is 8.11. The fraction of sp³-hybridized carbons (Fsp3) is 0.533. The van der Waals surface area contributed by atoms with E-state index in [4.69, 9.17) is 0 Å². The molecule has 1 heterocycles. The highest BCUT2D eigenvalue weighted by atomic mass is 32.2. The number of carbonyl (C=O) groups excluding carboxylic acids is 1. The number of amides is 1. The number of rotatable bonds is 5. The minimum Gasteiger partial charge on any atom is -0.387 e. The second-order valence-electron chi connectivity index (χ2n) is 5.08. The molecule has 1 aromatic carbocycles. The van der Waals surface area contributed by atoms with Gasteiger partial charge in [0.2, 0.25) is 5.91 Å². The Morgan fingerprint density at radius 3 is 2.75 bits per heavy atom. The van der Waals surface area contributed by atoms with E-state index in [0.717, 1.165) is 22.8 Å². The lowest BCUT2D eigenvalue weighted by Crippen LogP contribution is -2.46. The van der Waals surface area contributed by atoms with Crippen LogP contribution in [0.4, 0.5) is 0 Å². The normalized spacial score (nSPS) is 19.9. The predicted octanol–water partition coefficient (Wildman–Crippen LogP) is 1.54. The molecule has 1 aliphatic rings. The first kappa shape index (κ1) is 15.4. The lowest BCUT2D eigenvalue weighted by molar-refractivity contribution is -0.133. The van der Waals surface area contributed by atoms with Crippen molar-refractivity contribution >= 4 is 17.7 Å². The number of aliphatic hydroxyl groups excluding tert-OH is 1. The van der Waals surface area contributed by atoms with Crippen LogP contribution in [0, 0.1) is 6.92 Å². The van der Waals surface area contributed by atoms with Crippen molar-refractivity contribution in [2.75, 3.05) is 24.7 Å². The minimum absolute atomic E-state index is 0.0867. The largest absolute Gasteiger partial charge is 0.387 e. The van der Waals surface area contributed by atoms with Crippen LogP contribution >= 0.6 is 11.8 Å². The Labute approximate surface area is 124 Å². The number of thioether (sulfide) groups is 1. The molecule has 20 heavy (non-hydrogen) atoms. The third-order valence-electron chi connectivity index (χ3n) is 3.56. The van der Waals surface area contributed by atoms with Crippen LogP contribution in [0.25, 0.3) is 0 Å². The molecular weight excluding hydrogens is 272 g/mol. The molecule has 0 unspecified atom stereocenters. The quantitative estimate of drug-likeness (QED) is 0.865. The van der Waals surface area contributed by atoms with E-state index in [2.05, 4.69) is 5.32 Å². The van der Waals surface area contributed by atoms with Gasteiger partial charge in [-0.2, -0.15) is 0 Å². The summed E-state index contributed by atoms with van der Waals surface area (Å²) in [5.74, 6) is 1.73. The summed E-state index contributed by atoms with van der Waals surface area (Å²) in [6.45, 7) is 4.93. The van der Waals surface area contributed by atoms with E-state index in [9.17, 15) is 9.90 Å². The van der Waals surface area contributed by atoms with Crippen LogP contribution in [0.3, 0.4) is 0 Å². The van der Waals surface area contributed by atoms with Gasteiger partial charge < -0.3 is 10.0 Å². The number of aryl methyl sites for hydroxylation is 1. The highest BCUT2D eigenvalue weighted by Gasteiger charge is 2.27. The molecule has 2 atom stereocenters. The standard InChI is InChI=1S/C15H22N2O2S/c1-3-17(15(19)13-9-20-10-16-13)8-14(18)12-6-4-11(2)5-7-12/h4-7,13-14,16,18H,3,8-10H2,1-2H3/t13-,14+/m1/s1. The molecule has 4 nitrogen and oxygen atoms in total. The summed E-state index contributed by atoms with van der Waals surface area (Å²) in [6, 6.07) is 7.69. The molecular formula is C15H22N2O2S. The van der Waals surface area contributed by atoms with Gasteiger partial charge in [0.25, 0.3) is 0 Å². The molecule has 1 saturated heterocycles. The number of hydrogen-bond acceptors (Lipinski definition) is 4. The zero-order valence-corrected chi connectivity index (χ0v) is 12.8. The summed E-state index contributed by atoms with van der Waals surface area (Å²) in [6.07, 6.45) is -0.631. The molecule has 1 fully saturated rings. The maximum atomic E-state index is 12.3. The highest BCUT2D eigenvalue weighted by molar-refractivity contribution is 7.99. The topological polar surface area (TPSA) is 52.6 Å². The number of nitrogens with one attached hydrogen (secondary N) is 1. The summed E-state index contributed by atoms with van der Waals surface area (Å²) >= 11 is 1.73. The van der Waals surface area contributed by atoms with Crippen LogP contribution in [0.5, 0.6) is 0 Å². The van der Waals surface area contributed by atoms with E-state index >= 15 is 0 Å². The van der Waals surface area contributed by atoms with Crippen LogP contribution in [0.2, 0.25) is 0 Å². The first-order valence-electron chi connectivity index (χ1n) is 6.96. The van der Waals surface area contributed by atoms with Crippen LogP contribution in [0.15, 0.2) is 24.3 Å². The van der Waals surface area contributed by atoms with Crippen molar-refractivity contribution in [3.63, 3.8) is 0 Å². The van der Waals surface area contributed by atoms with E-state index in [0.29, 0.717) is 13.1 Å². The van der Waals surface area contributed by atoms with E-state index in [-0.39, 0.29) is 11.9 Å². The van der Waals surface area contributed by atoms with Gasteiger partial charge in [0.1, 0.15) is 0 Å².